The predicted octanol–water partition coefficient (Wildman–Crippen LogP) is 2.58. The molecule has 0 N–H and O–H groups in total. The number of para-hydroxylation sites is 1. The van der Waals surface area contributed by atoms with Crippen molar-refractivity contribution in [3.63, 3.8) is 0 Å². The summed E-state index contributed by atoms with van der Waals surface area (Å²) in [6.45, 7) is 0. The number of aromatic nitrogens is 4. The number of hydrogen-bond acceptors (Lipinski definition) is 6. The van der Waals surface area contributed by atoms with Crippen LogP contribution in [0.2, 0.25) is 0 Å². The van der Waals surface area contributed by atoms with E-state index in [2.05, 4.69) is 10.1 Å². The number of nitro benzene ring substituents is 1. The molecule has 3 aromatic heterocycles. The predicted molar refractivity (Wildman–Crippen MR) is 97.6 cm³/mol. The minimum absolute atomic E-state index is 0.328. The van der Waals surface area contributed by atoms with Crippen LogP contribution in [0.1, 0.15) is 0 Å². The van der Waals surface area contributed by atoms with Crippen LogP contribution in [-0.2, 0) is 17.1 Å². The molecule has 0 bridgehead atoms. The summed E-state index contributed by atoms with van der Waals surface area (Å²) in [5.41, 5.74) is 1.78. The van der Waals surface area contributed by atoms with Gasteiger partial charge in [0.2, 0.25) is 0 Å². The Morgan fingerprint density at radius 3 is 2.59 bits per heavy atom. The highest BCUT2D eigenvalue weighted by molar-refractivity contribution is 7.90. The Morgan fingerprint density at radius 1 is 1.11 bits per heavy atom. The van der Waals surface area contributed by atoms with Crippen molar-refractivity contribution in [2.24, 2.45) is 7.05 Å². The summed E-state index contributed by atoms with van der Waals surface area (Å²) in [6, 6.07) is 8.48. The molecule has 0 saturated heterocycles. The van der Waals surface area contributed by atoms with Crippen LogP contribution in [0.4, 0.5) is 5.69 Å². The average molecular weight is 383 g/mol. The van der Waals surface area contributed by atoms with Crippen LogP contribution < -0.4 is 0 Å². The van der Waals surface area contributed by atoms with Crippen molar-refractivity contribution in [1.29, 1.82) is 0 Å². The average Bonchev–Trinajstić information content (AvgIpc) is 3.27. The summed E-state index contributed by atoms with van der Waals surface area (Å²) >= 11 is 0. The van der Waals surface area contributed by atoms with Gasteiger partial charge in [-0.3, -0.25) is 19.8 Å². The minimum Gasteiger partial charge on any atom is -0.275 e. The number of hydrogen-bond donors (Lipinski definition) is 0. The lowest BCUT2D eigenvalue weighted by Gasteiger charge is -2.08. The Hall–Kier alpha value is -3.53. The molecular weight excluding hydrogens is 370 g/mol. The Kier molecular flexibility index (Phi) is 3.77. The molecule has 0 saturated carbocycles. The highest BCUT2D eigenvalue weighted by Crippen LogP contribution is 2.29. The van der Waals surface area contributed by atoms with Gasteiger partial charge < -0.3 is 0 Å². The quantitative estimate of drug-likeness (QED) is 0.395. The molecule has 0 radical (unpaired) electrons. The topological polar surface area (TPSA) is 113 Å². The second-order valence-electron chi connectivity index (χ2n) is 5.87. The highest BCUT2D eigenvalue weighted by Gasteiger charge is 2.28. The maximum atomic E-state index is 13.1. The van der Waals surface area contributed by atoms with E-state index in [1.54, 1.807) is 42.5 Å². The second-order valence-corrected chi connectivity index (χ2v) is 7.66. The highest BCUT2D eigenvalue weighted by atomic mass is 32.2. The van der Waals surface area contributed by atoms with Gasteiger partial charge in [0.25, 0.3) is 15.7 Å². The third-order valence-corrected chi connectivity index (χ3v) is 5.88. The number of nitro groups is 1. The molecule has 0 aliphatic carbocycles. The van der Waals surface area contributed by atoms with E-state index in [1.807, 2.05) is 0 Å². The van der Waals surface area contributed by atoms with E-state index in [1.165, 1.54) is 24.4 Å². The smallest absolute Gasteiger partial charge is 0.275 e. The molecule has 27 heavy (non-hydrogen) atoms. The van der Waals surface area contributed by atoms with Crippen LogP contribution in [0.25, 0.3) is 22.2 Å². The largest absolute Gasteiger partial charge is 0.289 e. The van der Waals surface area contributed by atoms with E-state index < -0.39 is 20.6 Å². The van der Waals surface area contributed by atoms with E-state index in [0.717, 1.165) is 15.6 Å². The molecule has 4 rings (SSSR count). The molecule has 0 amide bonds. The lowest BCUT2D eigenvalue weighted by atomic mass is 10.1. The first-order valence-corrected chi connectivity index (χ1v) is 9.27. The molecule has 0 aliphatic heterocycles. The van der Waals surface area contributed by atoms with Crippen LogP contribution in [0, 0.1) is 10.1 Å². The van der Waals surface area contributed by atoms with Gasteiger partial charge in [-0.05, 0) is 18.2 Å². The van der Waals surface area contributed by atoms with Gasteiger partial charge >= 0.3 is 0 Å². The fourth-order valence-corrected chi connectivity index (χ4v) is 4.35. The Labute approximate surface area is 153 Å². The summed E-state index contributed by atoms with van der Waals surface area (Å²) in [5.74, 6) is 0. The van der Waals surface area contributed by atoms with Crippen LogP contribution in [0.5, 0.6) is 0 Å². The first-order valence-electron chi connectivity index (χ1n) is 7.83. The summed E-state index contributed by atoms with van der Waals surface area (Å²) in [5, 5.41) is 15.4. The van der Waals surface area contributed by atoms with Crippen molar-refractivity contribution in [1.82, 2.24) is 18.7 Å². The van der Waals surface area contributed by atoms with Crippen molar-refractivity contribution < 1.29 is 13.3 Å². The zero-order chi connectivity index (χ0) is 19.2. The molecule has 0 fully saturated rings. The Balaban J connectivity index is 1.92. The molecule has 9 nitrogen and oxygen atoms in total. The van der Waals surface area contributed by atoms with Gasteiger partial charge in [-0.15, -0.1) is 0 Å². The molecule has 0 spiro atoms. The van der Waals surface area contributed by atoms with Crippen molar-refractivity contribution in [3.8, 4) is 11.1 Å². The van der Waals surface area contributed by atoms with E-state index in [4.69, 9.17) is 0 Å². The molecule has 0 atom stereocenters. The summed E-state index contributed by atoms with van der Waals surface area (Å²) < 4.78 is 28.8. The van der Waals surface area contributed by atoms with Gasteiger partial charge in [0, 0.05) is 42.8 Å². The van der Waals surface area contributed by atoms with Crippen LogP contribution >= 0.6 is 0 Å². The van der Waals surface area contributed by atoms with Gasteiger partial charge in [0.1, 0.15) is 0 Å². The number of benzene rings is 1. The number of aryl methyl sites for hydroxylation is 1. The normalized spacial score (nSPS) is 11.7. The monoisotopic (exact) mass is 383 g/mol. The van der Waals surface area contributed by atoms with Crippen molar-refractivity contribution in [2.45, 2.75) is 4.90 Å². The Bertz CT molecular complexity index is 1290. The number of rotatable bonds is 4. The van der Waals surface area contributed by atoms with Gasteiger partial charge in [-0.25, -0.2) is 12.4 Å². The lowest BCUT2D eigenvalue weighted by Crippen LogP contribution is -2.13. The van der Waals surface area contributed by atoms with Crippen LogP contribution in [0.3, 0.4) is 0 Å². The first-order chi connectivity index (χ1) is 12.9. The van der Waals surface area contributed by atoms with E-state index in [9.17, 15) is 18.5 Å². The molecule has 3 heterocycles. The van der Waals surface area contributed by atoms with Crippen molar-refractivity contribution >= 4 is 26.7 Å². The number of fused-ring (bicyclic) bond motifs is 1. The van der Waals surface area contributed by atoms with E-state index in [-0.39, 0.29) is 4.90 Å². The zero-order valence-corrected chi connectivity index (χ0v) is 14.9. The van der Waals surface area contributed by atoms with Gasteiger partial charge in [0.15, 0.2) is 4.90 Å². The maximum absolute atomic E-state index is 13.1. The SMILES string of the molecule is Cn1cc(-c2cnc3ccn(S(=O)(=O)c4ccccc4[N+](=O)[O-])c3c2)cn1. The van der Waals surface area contributed by atoms with Crippen LogP contribution in [-0.4, -0.2) is 32.1 Å². The summed E-state index contributed by atoms with van der Waals surface area (Å²) in [6.07, 6.45) is 6.40. The van der Waals surface area contributed by atoms with Crippen LogP contribution in [0.15, 0.2) is 66.1 Å². The molecule has 0 aliphatic rings. The fraction of sp³-hybridized carbons (Fsp3) is 0.0588. The Morgan fingerprint density at radius 2 is 1.89 bits per heavy atom. The standard InChI is InChI=1S/C17H13N5O4S/c1-20-11-13(10-19-20)12-8-16-14(18-9-12)6-7-21(16)27(25,26)17-5-3-2-4-15(17)22(23)24/h2-11H,1H3. The second kappa shape index (κ2) is 6.02. The number of nitrogens with zero attached hydrogens (tertiary/aromatic N) is 5. The van der Waals surface area contributed by atoms with E-state index in [0.29, 0.717) is 16.6 Å². The van der Waals surface area contributed by atoms with Crippen molar-refractivity contribution in [2.75, 3.05) is 0 Å². The first kappa shape index (κ1) is 16.9. The van der Waals surface area contributed by atoms with Crippen molar-refractivity contribution in [3.05, 3.63) is 71.3 Å². The fourth-order valence-electron chi connectivity index (χ4n) is 2.86. The summed E-state index contributed by atoms with van der Waals surface area (Å²) in [4.78, 5) is 14.5. The lowest BCUT2D eigenvalue weighted by molar-refractivity contribution is -0.387. The molecule has 136 valence electrons. The molecule has 1 aromatic carbocycles. The molecule has 0 unspecified atom stereocenters. The van der Waals surface area contributed by atoms with E-state index >= 15 is 0 Å². The van der Waals surface area contributed by atoms with Gasteiger partial charge in [-0.1, -0.05) is 12.1 Å². The van der Waals surface area contributed by atoms with Gasteiger partial charge in [-0.2, -0.15) is 5.10 Å². The minimum atomic E-state index is -4.18. The summed E-state index contributed by atoms with van der Waals surface area (Å²) in [7, 11) is -2.40. The van der Waals surface area contributed by atoms with Gasteiger partial charge in [0.05, 0.1) is 22.2 Å². The molecule has 10 heteroatoms. The maximum Gasteiger partial charge on any atom is 0.289 e. The number of pyridine rings is 1. The third-order valence-electron chi connectivity index (χ3n) is 4.14. The zero-order valence-electron chi connectivity index (χ0n) is 14.1. The third kappa shape index (κ3) is 2.75. The molecular formula is C17H13N5O4S. The molecule has 4 aromatic rings.